The van der Waals surface area contributed by atoms with Crippen molar-refractivity contribution in [3.63, 3.8) is 0 Å². The first-order chi connectivity index (χ1) is 17.4. The van der Waals surface area contributed by atoms with Gasteiger partial charge in [0.15, 0.2) is 5.69 Å². The van der Waals surface area contributed by atoms with Gasteiger partial charge < -0.3 is 15.1 Å². The van der Waals surface area contributed by atoms with E-state index in [4.69, 9.17) is 9.52 Å². The Morgan fingerprint density at radius 1 is 1.19 bits per heavy atom. The summed E-state index contributed by atoms with van der Waals surface area (Å²) in [6, 6.07) is 4.09. The summed E-state index contributed by atoms with van der Waals surface area (Å²) in [6.45, 7) is 7.29. The monoisotopic (exact) mass is 508 g/mol. The quantitative estimate of drug-likeness (QED) is 0.299. The summed E-state index contributed by atoms with van der Waals surface area (Å²) in [7, 11) is 0. The Morgan fingerprint density at radius 3 is 2.67 bits per heavy atom. The number of oxazole rings is 1. The molecule has 2 aliphatic carbocycles. The zero-order valence-corrected chi connectivity index (χ0v) is 22.2. The molecular weight excluding hydrogens is 472 g/mol. The Morgan fingerprint density at radius 2 is 1.97 bits per heavy atom. The van der Waals surface area contributed by atoms with Gasteiger partial charge in [-0.25, -0.2) is 9.97 Å². The second kappa shape index (κ2) is 10.7. The van der Waals surface area contributed by atoms with Gasteiger partial charge in [0.25, 0.3) is 5.91 Å². The maximum Gasteiger partial charge on any atom is 0.277 e. The molecular formula is C27H36N6O2S. The number of carbonyl (C=O) groups is 1. The van der Waals surface area contributed by atoms with Crippen molar-refractivity contribution in [2.75, 3.05) is 17.2 Å². The van der Waals surface area contributed by atoms with E-state index in [2.05, 4.69) is 54.0 Å². The van der Waals surface area contributed by atoms with E-state index < -0.39 is 0 Å². The summed E-state index contributed by atoms with van der Waals surface area (Å²) in [5.74, 6) is 2.47. The standard InChI is InChI=1S/C27H36N6O2S/c1-16(2)25-22(14-33(32-25)21-8-6-19(7-9-21)17(3)36)30-26(34)23-15-35-27(31-23)20-10-11-28-24(12-20)29-13-18-4-5-18/h10-12,14-19,21,36H,4-9,13H2,1-3H3,(H,28,29)(H,30,34). The molecule has 2 aliphatic rings. The third kappa shape index (κ3) is 5.77. The first-order valence-corrected chi connectivity index (χ1v) is 13.6. The molecule has 0 bridgehead atoms. The molecule has 1 atom stereocenters. The van der Waals surface area contributed by atoms with E-state index in [9.17, 15) is 4.79 Å². The fraction of sp³-hybridized carbons (Fsp3) is 0.556. The Hall–Kier alpha value is -2.81. The van der Waals surface area contributed by atoms with Crippen LogP contribution in [0.3, 0.4) is 0 Å². The molecule has 0 radical (unpaired) electrons. The predicted octanol–water partition coefficient (Wildman–Crippen LogP) is 6.18. The number of aromatic nitrogens is 4. The van der Waals surface area contributed by atoms with Crippen molar-refractivity contribution in [1.29, 1.82) is 0 Å². The van der Waals surface area contributed by atoms with Crippen molar-refractivity contribution in [1.82, 2.24) is 19.7 Å². The molecule has 36 heavy (non-hydrogen) atoms. The number of nitrogens with zero attached hydrogens (tertiary/aromatic N) is 4. The molecule has 2 fully saturated rings. The van der Waals surface area contributed by atoms with Crippen LogP contribution >= 0.6 is 12.6 Å². The van der Waals surface area contributed by atoms with Gasteiger partial charge >= 0.3 is 0 Å². The third-order valence-corrected chi connectivity index (χ3v) is 7.79. The van der Waals surface area contributed by atoms with Crippen LogP contribution in [-0.4, -0.2) is 37.5 Å². The topological polar surface area (TPSA) is 97.9 Å². The number of amides is 1. The molecule has 8 nitrogen and oxygen atoms in total. The van der Waals surface area contributed by atoms with Crippen LogP contribution in [0.5, 0.6) is 0 Å². The Labute approximate surface area is 218 Å². The molecule has 2 N–H and O–H groups in total. The highest BCUT2D eigenvalue weighted by Gasteiger charge is 2.27. The summed E-state index contributed by atoms with van der Waals surface area (Å²) < 4.78 is 7.70. The Balaban J connectivity index is 1.27. The van der Waals surface area contributed by atoms with E-state index in [0.717, 1.165) is 60.9 Å². The van der Waals surface area contributed by atoms with Gasteiger partial charge in [0.05, 0.1) is 17.4 Å². The van der Waals surface area contributed by atoms with Gasteiger partial charge in [-0.2, -0.15) is 17.7 Å². The van der Waals surface area contributed by atoms with E-state index in [1.54, 1.807) is 6.20 Å². The minimum absolute atomic E-state index is 0.182. The number of nitrogens with one attached hydrogen (secondary N) is 2. The first kappa shape index (κ1) is 24.9. The number of rotatable bonds is 9. The van der Waals surface area contributed by atoms with Gasteiger partial charge in [-0.3, -0.25) is 9.48 Å². The van der Waals surface area contributed by atoms with Gasteiger partial charge in [-0.05, 0) is 68.4 Å². The van der Waals surface area contributed by atoms with Crippen LogP contribution < -0.4 is 10.6 Å². The van der Waals surface area contributed by atoms with Crippen LogP contribution in [0.25, 0.3) is 11.5 Å². The zero-order valence-electron chi connectivity index (χ0n) is 21.3. The maximum absolute atomic E-state index is 13.1. The number of hydrogen-bond donors (Lipinski definition) is 3. The molecule has 3 aromatic heterocycles. The first-order valence-electron chi connectivity index (χ1n) is 13.1. The molecule has 1 unspecified atom stereocenters. The second-order valence-electron chi connectivity index (χ2n) is 10.6. The molecule has 0 spiro atoms. The van der Waals surface area contributed by atoms with Crippen LogP contribution in [-0.2, 0) is 0 Å². The molecule has 5 rings (SSSR count). The highest BCUT2D eigenvalue weighted by molar-refractivity contribution is 7.80. The molecule has 0 aromatic carbocycles. The van der Waals surface area contributed by atoms with E-state index >= 15 is 0 Å². The van der Waals surface area contributed by atoms with Crippen molar-refractivity contribution in [3.05, 3.63) is 42.2 Å². The molecule has 192 valence electrons. The van der Waals surface area contributed by atoms with Crippen molar-refractivity contribution < 1.29 is 9.21 Å². The molecule has 9 heteroatoms. The van der Waals surface area contributed by atoms with E-state index in [1.165, 1.54) is 19.1 Å². The Bertz CT molecular complexity index is 1190. The Kier molecular flexibility index (Phi) is 7.37. The van der Waals surface area contributed by atoms with Crippen LogP contribution in [0.15, 0.2) is 35.2 Å². The average molecular weight is 509 g/mol. The second-order valence-corrected chi connectivity index (χ2v) is 11.4. The maximum atomic E-state index is 13.1. The van der Waals surface area contributed by atoms with Crippen LogP contribution in [0.2, 0.25) is 0 Å². The van der Waals surface area contributed by atoms with Crippen molar-refractivity contribution in [3.8, 4) is 11.5 Å². The number of thiol groups is 1. The smallest absolute Gasteiger partial charge is 0.277 e. The minimum atomic E-state index is -0.305. The van der Waals surface area contributed by atoms with Crippen LogP contribution in [0.4, 0.5) is 11.5 Å². The summed E-state index contributed by atoms with van der Waals surface area (Å²) in [5.41, 5.74) is 2.64. The largest absolute Gasteiger partial charge is 0.444 e. The minimum Gasteiger partial charge on any atom is -0.444 e. The van der Waals surface area contributed by atoms with Gasteiger partial charge in [0.1, 0.15) is 12.1 Å². The average Bonchev–Trinajstić information content (AvgIpc) is 3.39. The fourth-order valence-corrected chi connectivity index (χ4v) is 5.19. The van der Waals surface area contributed by atoms with E-state index in [0.29, 0.717) is 23.1 Å². The van der Waals surface area contributed by atoms with Gasteiger partial charge in [-0.15, -0.1) is 0 Å². The number of pyridine rings is 1. The van der Waals surface area contributed by atoms with Gasteiger partial charge in [0, 0.05) is 29.8 Å². The molecule has 0 aliphatic heterocycles. The van der Waals surface area contributed by atoms with Crippen LogP contribution in [0, 0.1) is 11.8 Å². The van der Waals surface area contributed by atoms with Crippen molar-refractivity contribution in [2.24, 2.45) is 11.8 Å². The SMILES string of the molecule is CC(C)c1nn(C2CCC(C(C)S)CC2)cc1NC(=O)c1coc(-c2ccnc(NCC3CC3)c2)n1. The lowest BCUT2D eigenvalue weighted by Gasteiger charge is -2.30. The van der Waals surface area contributed by atoms with Crippen molar-refractivity contribution >= 4 is 30.0 Å². The molecule has 1 amide bonds. The fourth-order valence-electron chi connectivity index (χ4n) is 4.89. The molecule has 0 saturated heterocycles. The summed E-state index contributed by atoms with van der Waals surface area (Å²) >= 11 is 4.64. The number of anilines is 2. The summed E-state index contributed by atoms with van der Waals surface area (Å²) in [4.78, 5) is 21.9. The lowest BCUT2D eigenvalue weighted by molar-refractivity contribution is 0.102. The van der Waals surface area contributed by atoms with Gasteiger partial charge in [0.2, 0.25) is 5.89 Å². The highest BCUT2D eigenvalue weighted by atomic mass is 32.1. The predicted molar refractivity (Wildman–Crippen MR) is 145 cm³/mol. The summed E-state index contributed by atoms with van der Waals surface area (Å²) in [5, 5.41) is 11.7. The molecule has 2 saturated carbocycles. The molecule has 3 aromatic rings. The lowest BCUT2D eigenvalue weighted by atomic mass is 9.84. The summed E-state index contributed by atoms with van der Waals surface area (Å²) in [6.07, 6.45) is 12.1. The number of hydrogen-bond acceptors (Lipinski definition) is 7. The van der Waals surface area contributed by atoms with Gasteiger partial charge in [-0.1, -0.05) is 20.8 Å². The van der Waals surface area contributed by atoms with E-state index in [-0.39, 0.29) is 17.5 Å². The van der Waals surface area contributed by atoms with E-state index in [1.807, 2.05) is 23.0 Å². The highest BCUT2D eigenvalue weighted by Crippen LogP contribution is 2.36. The zero-order chi connectivity index (χ0) is 25.2. The van der Waals surface area contributed by atoms with Crippen LogP contribution in [0.1, 0.15) is 87.4 Å². The van der Waals surface area contributed by atoms with Crippen molar-refractivity contribution in [2.45, 2.75) is 76.5 Å². The lowest BCUT2D eigenvalue weighted by Crippen LogP contribution is -2.23. The molecule has 3 heterocycles. The normalized spacial score (nSPS) is 20.9. The number of carbonyl (C=O) groups excluding carboxylic acids is 1. The third-order valence-electron chi connectivity index (χ3n) is 7.37.